The highest BCUT2D eigenvalue weighted by molar-refractivity contribution is 5.97. The standard InChI is InChI=1S/C18H21NO2/c1-12-9-10-15(11-13(12)2)14(3)19-18(20)16-7-5-6-8-17(16)21-4/h5-11,14H,1-4H3,(H,19,20)/t14-/m1/s1. The van der Waals surface area contributed by atoms with Crippen LogP contribution in [0.4, 0.5) is 0 Å². The summed E-state index contributed by atoms with van der Waals surface area (Å²) in [6.45, 7) is 6.14. The summed E-state index contributed by atoms with van der Waals surface area (Å²) in [6.07, 6.45) is 0. The Labute approximate surface area is 126 Å². The van der Waals surface area contributed by atoms with Gasteiger partial charge in [-0.1, -0.05) is 30.3 Å². The van der Waals surface area contributed by atoms with E-state index in [2.05, 4.69) is 37.4 Å². The first-order valence-corrected chi connectivity index (χ1v) is 7.04. The highest BCUT2D eigenvalue weighted by Crippen LogP contribution is 2.20. The molecule has 1 N–H and O–H groups in total. The Morgan fingerprint density at radius 3 is 2.48 bits per heavy atom. The van der Waals surface area contributed by atoms with Crippen molar-refractivity contribution in [3.05, 3.63) is 64.7 Å². The van der Waals surface area contributed by atoms with Gasteiger partial charge in [-0.3, -0.25) is 4.79 Å². The molecule has 0 saturated carbocycles. The van der Waals surface area contributed by atoms with Gasteiger partial charge in [0.05, 0.1) is 18.7 Å². The second-order valence-corrected chi connectivity index (χ2v) is 5.24. The van der Waals surface area contributed by atoms with E-state index in [0.717, 1.165) is 5.56 Å². The Bertz CT molecular complexity index is 649. The Hall–Kier alpha value is -2.29. The van der Waals surface area contributed by atoms with E-state index < -0.39 is 0 Å². The van der Waals surface area contributed by atoms with Crippen LogP contribution in [0.5, 0.6) is 5.75 Å². The third-order valence-electron chi connectivity index (χ3n) is 3.73. The van der Waals surface area contributed by atoms with Crippen LogP contribution >= 0.6 is 0 Å². The van der Waals surface area contributed by atoms with Crippen LogP contribution in [0.1, 0.15) is 40.0 Å². The highest BCUT2D eigenvalue weighted by Gasteiger charge is 2.15. The lowest BCUT2D eigenvalue weighted by Crippen LogP contribution is -2.27. The number of ether oxygens (including phenoxy) is 1. The Morgan fingerprint density at radius 1 is 1.10 bits per heavy atom. The van der Waals surface area contributed by atoms with Crippen molar-refractivity contribution >= 4 is 5.91 Å². The van der Waals surface area contributed by atoms with E-state index in [1.165, 1.54) is 11.1 Å². The number of carbonyl (C=O) groups excluding carboxylic acids is 1. The molecule has 110 valence electrons. The van der Waals surface area contributed by atoms with E-state index in [4.69, 9.17) is 4.74 Å². The molecular weight excluding hydrogens is 262 g/mol. The van der Waals surface area contributed by atoms with Crippen LogP contribution in [0.2, 0.25) is 0 Å². The number of methoxy groups -OCH3 is 1. The predicted molar refractivity (Wildman–Crippen MR) is 84.8 cm³/mol. The maximum atomic E-state index is 12.4. The Kier molecular flexibility index (Phi) is 4.63. The summed E-state index contributed by atoms with van der Waals surface area (Å²) in [5, 5.41) is 3.01. The second kappa shape index (κ2) is 6.44. The molecule has 0 fully saturated rings. The van der Waals surface area contributed by atoms with E-state index in [-0.39, 0.29) is 11.9 Å². The van der Waals surface area contributed by atoms with Gasteiger partial charge in [-0.05, 0) is 49.6 Å². The van der Waals surface area contributed by atoms with Crippen molar-refractivity contribution in [2.24, 2.45) is 0 Å². The van der Waals surface area contributed by atoms with Crippen molar-refractivity contribution in [2.45, 2.75) is 26.8 Å². The minimum absolute atomic E-state index is 0.0540. The molecule has 0 radical (unpaired) electrons. The molecular formula is C18H21NO2. The SMILES string of the molecule is COc1ccccc1C(=O)N[C@H](C)c1ccc(C)c(C)c1. The third kappa shape index (κ3) is 3.43. The van der Waals surface area contributed by atoms with Crippen molar-refractivity contribution in [1.82, 2.24) is 5.32 Å². The summed E-state index contributed by atoms with van der Waals surface area (Å²) < 4.78 is 5.23. The van der Waals surface area contributed by atoms with Gasteiger partial charge in [0.25, 0.3) is 5.91 Å². The average Bonchev–Trinajstić information content (AvgIpc) is 2.49. The molecule has 2 aromatic rings. The number of hydrogen-bond donors (Lipinski definition) is 1. The fourth-order valence-electron chi connectivity index (χ4n) is 2.22. The van der Waals surface area contributed by atoms with Gasteiger partial charge in [0.15, 0.2) is 0 Å². The van der Waals surface area contributed by atoms with E-state index in [1.807, 2.05) is 19.1 Å². The average molecular weight is 283 g/mol. The van der Waals surface area contributed by atoms with Gasteiger partial charge in [-0.15, -0.1) is 0 Å². The Morgan fingerprint density at radius 2 is 1.81 bits per heavy atom. The quantitative estimate of drug-likeness (QED) is 0.926. The molecule has 0 aliphatic heterocycles. The zero-order valence-electron chi connectivity index (χ0n) is 12.9. The van der Waals surface area contributed by atoms with Crippen LogP contribution in [0.15, 0.2) is 42.5 Å². The number of nitrogens with one attached hydrogen (secondary N) is 1. The number of amides is 1. The van der Waals surface area contributed by atoms with Crippen LogP contribution < -0.4 is 10.1 Å². The molecule has 3 heteroatoms. The molecule has 3 nitrogen and oxygen atoms in total. The van der Waals surface area contributed by atoms with Gasteiger partial charge in [-0.25, -0.2) is 0 Å². The molecule has 0 aromatic heterocycles. The van der Waals surface area contributed by atoms with Crippen LogP contribution in [0.3, 0.4) is 0 Å². The Balaban J connectivity index is 2.16. The van der Waals surface area contributed by atoms with E-state index in [1.54, 1.807) is 19.2 Å². The largest absolute Gasteiger partial charge is 0.496 e. The number of para-hydroxylation sites is 1. The second-order valence-electron chi connectivity index (χ2n) is 5.24. The molecule has 2 rings (SSSR count). The summed E-state index contributed by atoms with van der Waals surface area (Å²) in [7, 11) is 1.57. The van der Waals surface area contributed by atoms with E-state index >= 15 is 0 Å². The van der Waals surface area contributed by atoms with Crippen molar-refractivity contribution < 1.29 is 9.53 Å². The molecule has 0 aliphatic rings. The maximum absolute atomic E-state index is 12.4. The topological polar surface area (TPSA) is 38.3 Å². The molecule has 0 spiro atoms. The number of carbonyl (C=O) groups is 1. The number of hydrogen-bond acceptors (Lipinski definition) is 2. The molecule has 0 bridgehead atoms. The summed E-state index contributed by atoms with van der Waals surface area (Å²) in [6, 6.07) is 13.4. The molecule has 0 unspecified atom stereocenters. The lowest BCUT2D eigenvalue weighted by molar-refractivity contribution is 0.0937. The summed E-state index contributed by atoms with van der Waals surface area (Å²) >= 11 is 0. The van der Waals surface area contributed by atoms with Gasteiger partial charge >= 0.3 is 0 Å². The van der Waals surface area contributed by atoms with Crippen LogP contribution in [-0.4, -0.2) is 13.0 Å². The van der Waals surface area contributed by atoms with Crippen LogP contribution in [0.25, 0.3) is 0 Å². The van der Waals surface area contributed by atoms with E-state index in [9.17, 15) is 4.79 Å². The number of rotatable bonds is 4. The molecule has 0 heterocycles. The summed E-state index contributed by atoms with van der Waals surface area (Å²) in [4.78, 5) is 12.4. The monoisotopic (exact) mass is 283 g/mol. The lowest BCUT2D eigenvalue weighted by atomic mass is 10.0. The first-order valence-electron chi connectivity index (χ1n) is 7.04. The molecule has 0 aliphatic carbocycles. The fraction of sp³-hybridized carbons (Fsp3) is 0.278. The number of aryl methyl sites for hydroxylation is 2. The minimum atomic E-state index is -0.127. The molecule has 21 heavy (non-hydrogen) atoms. The molecule has 1 amide bonds. The molecule has 2 aromatic carbocycles. The molecule has 0 saturated heterocycles. The maximum Gasteiger partial charge on any atom is 0.255 e. The van der Waals surface area contributed by atoms with Gasteiger partial charge in [0.2, 0.25) is 0 Å². The van der Waals surface area contributed by atoms with Crippen LogP contribution in [0, 0.1) is 13.8 Å². The summed E-state index contributed by atoms with van der Waals surface area (Å²) in [5.41, 5.74) is 4.13. The lowest BCUT2D eigenvalue weighted by Gasteiger charge is -2.16. The first kappa shape index (κ1) is 15.1. The van der Waals surface area contributed by atoms with E-state index in [0.29, 0.717) is 11.3 Å². The van der Waals surface area contributed by atoms with Gasteiger partial charge in [-0.2, -0.15) is 0 Å². The third-order valence-corrected chi connectivity index (χ3v) is 3.73. The van der Waals surface area contributed by atoms with Crippen molar-refractivity contribution in [1.29, 1.82) is 0 Å². The fourth-order valence-corrected chi connectivity index (χ4v) is 2.22. The van der Waals surface area contributed by atoms with Crippen molar-refractivity contribution in [2.75, 3.05) is 7.11 Å². The van der Waals surface area contributed by atoms with Gasteiger partial charge in [0.1, 0.15) is 5.75 Å². The normalized spacial score (nSPS) is 11.8. The van der Waals surface area contributed by atoms with Gasteiger partial charge in [0, 0.05) is 0 Å². The first-order chi connectivity index (χ1) is 10.0. The number of benzene rings is 2. The smallest absolute Gasteiger partial charge is 0.255 e. The van der Waals surface area contributed by atoms with Crippen molar-refractivity contribution in [3.63, 3.8) is 0 Å². The summed E-state index contributed by atoms with van der Waals surface area (Å²) in [5.74, 6) is 0.459. The van der Waals surface area contributed by atoms with Crippen molar-refractivity contribution in [3.8, 4) is 5.75 Å². The van der Waals surface area contributed by atoms with Gasteiger partial charge < -0.3 is 10.1 Å². The zero-order chi connectivity index (χ0) is 15.4. The molecule has 1 atom stereocenters. The minimum Gasteiger partial charge on any atom is -0.496 e. The van der Waals surface area contributed by atoms with Crippen LogP contribution in [-0.2, 0) is 0 Å². The highest BCUT2D eigenvalue weighted by atomic mass is 16.5. The predicted octanol–water partition coefficient (Wildman–Crippen LogP) is 3.80. The zero-order valence-corrected chi connectivity index (χ0v) is 12.9.